The smallest absolute Gasteiger partial charge is 0.289 e. The minimum absolute atomic E-state index is 0.0108. The fourth-order valence-corrected chi connectivity index (χ4v) is 1.37. The van der Waals surface area contributed by atoms with Crippen LogP contribution in [-0.4, -0.2) is 21.2 Å². The lowest BCUT2D eigenvalue weighted by Gasteiger charge is -2.38. The van der Waals surface area contributed by atoms with Gasteiger partial charge in [-0.05, 0) is 39.8 Å². The van der Waals surface area contributed by atoms with Gasteiger partial charge in [0.2, 0.25) is 0 Å². The summed E-state index contributed by atoms with van der Waals surface area (Å²) in [6.07, 6.45) is 0. The second kappa shape index (κ2) is 4.86. The number of benzene rings is 1. The molecule has 6 nitrogen and oxygen atoms in total. The summed E-state index contributed by atoms with van der Waals surface area (Å²) in [5.41, 5.74) is -1.46. The van der Waals surface area contributed by atoms with Gasteiger partial charge in [-0.1, -0.05) is 0 Å². The molecule has 0 unspecified atom stereocenters. The first-order valence-electron chi connectivity index (χ1n) is 5.77. The summed E-state index contributed by atoms with van der Waals surface area (Å²) in [4.78, 5) is 10.3. The molecule has 0 aliphatic carbocycles. The predicted molar refractivity (Wildman–Crippen MR) is 71.8 cm³/mol. The van der Waals surface area contributed by atoms with Crippen molar-refractivity contribution in [2.75, 3.05) is 5.32 Å². The van der Waals surface area contributed by atoms with Gasteiger partial charge in [0.15, 0.2) is 0 Å². The lowest BCUT2D eigenvalue weighted by atomic mass is 9.85. The Kier molecular flexibility index (Phi) is 3.82. The van der Waals surface area contributed by atoms with Gasteiger partial charge in [-0.25, -0.2) is 0 Å². The molecule has 0 saturated carbocycles. The molecule has 2 N–H and O–H groups in total. The Labute approximate surface area is 111 Å². The first-order valence-corrected chi connectivity index (χ1v) is 5.77. The molecule has 1 rings (SSSR count). The number of rotatable bonds is 4. The molecule has 0 heterocycles. The molecular formula is C13H17N3O3. The van der Waals surface area contributed by atoms with Gasteiger partial charge >= 0.3 is 0 Å². The number of hydrogen-bond acceptors (Lipinski definition) is 5. The molecule has 0 saturated heterocycles. The van der Waals surface area contributed by atoms with Gasteiger partial charge in [0.05, 0.1) is 16.1 Å². The van der Waals surface area contributed by atoms with E-state index < -0.39 is 16.1 Å². The van der Waals surface area contributed by atoms with Gasteiger partial charge in [0, 0.05) is 11.8 Å². The molecule has 0 radical (unpaired) electrons. The molecule has 102 valence electrons. The van der Waals surface area contributed by atoms with Crippen LogP contribution in [0.25, 0.3) is 0 Å². The number of nitrogens with zero attached hydrogens (tertiary/aromatic N) is 2. The third-order valence-corrected chi connectivity index (χ3v) is 3.30. The number of anilines is 1. The summed E-state index contributed by atoms with van der Waals surface area (Å²) in [5, 5.41) is 32.8. The number of nitro groups is 1. The number of nitro benzene ring substituents is 1. The van der Waals surface area contributed by atoms with Gasteiger partial charge in [-0.15, -0.1) is 0 Å². The topological polar surface area (TPSA) is 99.2 Å². The number of hydrogen-bond donors (Lipinski definition) is 2. The van der Waals surface area contributed by atoms with E-state index in [1.807, 2.05) is 0 Å². The van der Waals surface area contributed by atoms with Crippen molar-refractivity contribution in [2.45, 2.75) is 38.8 Å². The monoisotopic (exact) mass is 263 g/mol. The first kappa shape index (κ1) is 14.9. The van der Waals surface area contributed by atoms with Crippen molar-refractivity contribution in [3.8, 4) is 6.07 Å². The molecule has 0 aliphatic heterocycles. The highest BCUT2D eigenvalue weighted by molar-refractivity contribution is 5.60. The Balaban J connectivity index is 3.15. The van der Waals surface area contributed by atoms with Crippen LogP contribution in [0.4, 0.5) is 11.4 Å². The minimum atomic E-state index is -1.02. The van der Waals surface area contributed by atoms with Crippen LogP contribution in [0.5, 0.6) is 0 Å². The number of nitrogens with one attached hydrogen (secondary N) is 1. The number of nitriles is 1. The van der Waals surface area contributed by atoms with Crippen molar-refractivity contribution in [2.24, 2.45) is 0 Å². The van der Waals surface area contributed by atoms with Gasteiger partial charge in [0.1, 0.15) is 11.6 Å². The normalized spacial score (nSPS) is 11.8. The van der Waals surface area contributed by atoms with Crippen LogP contribution in [0, 0.1) is 21.4 Å². The van der Waals surface area contributed by atoms with Crippen LogP contribution in [0.1, 0.15) is 33.3 Å². The van der Waals surface area contributed by atoms with E-state index in [9.17, 15) is 15.2 Å². The maximum Gasteiger partial charge on any atom is 0.289 e. The van der Waals surface area contributed by atoms with Gasteiger partial charge in [-0.3, -0.25) is 10.1 Å². The zero-order chi connectivity index (χ0) is 14.8. The van der Waals surface area contributed by atoms with Crippen molar-refractivity contribution in [1.82, 2.24) is 0 Å². The van der Waals surface area contributed by atoms with Crippen molar-refractivity contribution in [1.29, 1.82) is 5.26 Å². The van der Waals surface area contributed by atoms with Crippen LogP contribution in [0.2, 0.25) is 0 Å². The highest BCUT2D eigenvalue weighted by Crippen LogP contribution is 2.29. The Morgan fingerprint density at radius 2 is 1.95 bits per heavy atom. The van der Waals surface area contributed by atoms with Crippen molar-refractivity contribution >= 4 is 11.4 Å². The second-order valence-electron chi connectivity index (χ2n) is 5.41. The van der Waals surface area contributed by atoms with Crippen molar-refractivity contribution in [3.05, 3.63) is 33.9 Å². The van der Waals surface area contributed by atoms with E-state index in [2.05, 4.69) is 5.32 Å². The SMILES string of the molecule is CC(C)(O)C(C)(C)Nc1ccc(C#N)c([N+](=O)[O-])c1. The molecule has 19 heavy (non-hydrogen) atoms. The van der Waals surface area contributed by atoms with E-state index in [0.29, 0.717) is 5.69 Å². The van der Waals surface area contributed by atoms with E-state index in [-0.39, 0.29) is 11.3 Å². The zero-order valence-corrected chi connectivity index (χ0v) is 11.4. The second-order valence-corrected chi connectivity index (χ2v) is 5.41. The van der Waals surface area contributed by atoms with Gasteiger partial charge in [0.25, 0.3) is 5.69 Å². The molecule has 0 aliphatic rings. The molecule has 0 fully saturated rings. The average Bonchev–Trinajstić information content (AvgIpc) is 2.26. The summed E-state index contributed by atoms with van der Waals surface area (Å²) < 4.78 is 0. The largest absolute Gasteiger partial charge is 0.388 e. The fourth-order valence-electron chi connectivity index (χ4n) is 1.37. The molecule has 1 aromatic rings. The Bertz CT molecular complexity index is 539. The van der Waals surface area contributed by atoms with Crippen molar-refractivity contribution in [3.63, 3.8) is 0 Å². The lowest BCUT2D eigenvalue weighted by Crippen LogP contribution is -2.51. The van der Waals surface area contributed by atoms with Crippen LogP contribution in [-0.2, 0) is 0 Å². The third-order valence-electron chi connectivity index (χ3n) is 3.30. The molecule has 0 aromatic heterocycles. The van der Waals surface area contributed by atoms with Crippen LogP contribution in [0.3, 0.4) is 0 Å². The van der Waals surface area contributed by atoms with Crippen LogP contribution >= 0.6 is 0 Å². The lowest BCUT2D eigenvalue weighted by molar-refractivity contribution is -0.385. The quantitative estimate of drug-likeness (QED) is 0.642. The highest BCUT2D eigenvalue weighted by Gasteiger charge is 2.35. The van der Waals surface area contributed by atoms with E-state index in [1.54, 1.807) is 39.8 Å². The van der Waals surface area contributed by atoms with Crippen LogP contribution < -0.4 is 5.32 Å². The average molecular weight is 263 g/mol. The summed E-state index contributed by atoms with van der Waals surface area (Å²) in [6.45, 7) is 6.88. The fraction of sp³-hybridized carbons (Fsp3) is 0.462. The predicted octanol–water partition coefficient (Wildman–Crippen LogP) is 2.43. The maximum atomic E-state index is 10.9. The highest BCUT2D eigenvalue weighted by atomic mass is 16.6. The molecule has 0 atom stereocenters. The standard InChI is InChI=1S/C13H17N3O3/c1-12(2,13(3,4)17)15-10-6-5-9(8-14)11(7-10)16(18)19/h5-7,15,17H,1-4H3. The van der Waals surface area contributed by atoms with Crippen molar-refractivity contribution < 1.29 is 10.0 Å². The molecule has 1 aromatic carbocycles. The van der Waals surface area contributed by atoms with E-state index >= 15 is 0 Å². The summed E-state index contributed by atoms with van der Waals surface area (Å²) in [5.74, 6) is 0. The Morgan fingerprint density at radius 3 is 2.37 bits per heavy atom. The number of aliphatic hydroxyl groups is 1. The van der Waals surface area contributed by atoms with Gasteiger partial charge in [-0.2, -0.15) is 5.26 Å². The van der Waals surface area contributed by atoms with Crippen LogP contribution in [0.15, 0.2) is 18.2 Å². The summed E-state index contributed by atoms with van der Waals surface area (Å²) in [7, 11) is 0. The molecule has 0 amide bonds. The Hall–Kier alpha value is -2.13. The third kappa shape index (κ3) is 3.20. The molecular weight excluding hydrogens is 246 g/mol. The first-order chi connectivity index (χ1) is 8.58. The van der Waals surface area contributed by atoms with Gasteiger partial charge < -0.3 is 10.4 Å². The molecule has 0 bridgehead atoms. The minimum Gasteiger partial charge on any atom is -0.388 e. The zero-order valence-electron chi connectivity index (χ0n) is 11.4. The van der Waals surface area contributed by atoms with E-state index in [0.717, 1.165) is 0 Å². The molecule has 6 heteroatoms. The van der Waals surface area contributed by atoms with E-state index in [4.69, 9.17) is 5.26 Å². The van der Waals surface area contributed by atoms with E-state index in [1.165, 1.54) is 12.1 Å². The summed E-state index contributed by atoms with van der Waals surface area (Å²) in [6, 6.07) is 6.05. The summed E-state index contributed by atoms with van der Waals surface area (Å²) >= 11 is 0. The Morgan fingerprint density at radius 1 is 1.37 bits per heavy atom. The maximum absolute atomic E-state index is 10.9. The molecule has 0 spiro atoms.